The summed E-state index contributed by atoms with van der Waals surface area (Å²) in [5, 5.41) is 10.9. The lowest BCUT2D eigenvalue weighted by molar-refractivity contribution is -0.135. The molecule has 0 radical (unpaired) electrons. The number of aliphatic hydroxyl groups is 1. The van der Waals surface area contributed by atoms with Gasteiger partial charge in [-0.1, -0.05) is 36.4 Å². The monoisotopic (exact) mass is 309 g/mol. The van der Waals surface area contributed by atoms with Gasteiger partial charge in [-0.15, -0.1) is 6.58 Å². The second-order valence-electron chi connectivity index (χ2n) is 5.61. The van der Waals surface area contributed by atoms with Crippen LogP contribution in [0, 0.1) is 0 Å². The molecule has 0 bridgehead atoms. The van der Waals surface area contributed by atoms with Crippen LogP contribution in [0.25, 0.3) is 0 Å². The lowest BCUT2D eigenvalue weighted by Gasteiger charge is -2.22. The summed E-state index contributed by atoms with van der Waals surface area (Å²) in [7, 11) is 1.62. The van der Waals surface area contributed by atoms with Crippen LogP contribution in [0.15, 0.2) is 61.2 Å². The van der Waals surface area contributed by atoms with Crippen molar-refractivity contribution in [1.82, 2.24) is 0 Å². The molecule has 2 aromatic rings. The lowest BCUT2D eigenvalue weighted by atomic mass is 9.92. The van der Waals surface area contributed by atoms with E-state index >= 15 is 0 Å². The quantitative estimate of drug-likeness (QED) is 0.864. The van der Waals surface area contributed by atoms with Gasteiger partial charge in [0.1, 0.15) is 5.75 Å². The second-order valence-corrected chi connectivity index (χ2v) is 5.61. The number of fused-ring (bicyclic) bond motifs is 1. The van der Waals surface area contributed by atoms with Gasteiger partial charge in [0.05, 0.1) is 19.3 Å². The first-order valence-corrected chi connectivity index (χ1v) is 7.48. The zero-order valence-corrected chi connectivity index (χ0v) is 13.0. The van der Waals surface area contributed by atoms with Crippen molar-refractivity contribution in [3.63, 3.8) is 0 Å². The SMILES string of the molecule is C=CC[C@@]1(O)C(=O)N(Cc2ccc(OC)cc2)c2ccccc21. The summed E-state index contributed by atoms with van der Waals surface area (Å²) in [5.41, 5.74) is 0.832. The van der Waals surface area contributed by atoms with Crippen molar-refractivity contribution in [3.05, 3.63) is 72.3 Å². The molecule has 0 saturated heterocycles. The number of rotatable bonds is 5. The van der Waals surface area contributed by atoms with Crippen molar-refractivity contribution in [2.75, 3.05) is 12.0 Å². The van der Waals surface area contributed by atoms with Crippen LogP contribution >= 0.6 is 0 Å². The summed E-state index contributed by atoms with van der Waals surface area (Å²) in [4.78, 5) is 14.4. The van der Waals surface area contributed by atoms with Crippen molar-refractivity contribution in [1.29, 1.82) is 0 Å². The molecule has 1 aliphatic heterocycles. The number of anilines is 1. The van der Waals surface area contributed by atoms with Crippen LogP contribution in [0.3, 0.4) is 0 Å². The molecule has 0 aliphatic carbocycles. The van der Waals surface area contributed by atoms with Crippen LogP contribution in [0.5, 0.6) is 5.75 Å². The predicted octanol–water partition coefficient (Wildman–Crippen LogP) is 3.01. The van der Waals surface area contributed by atoms with Gasteiger partial charge in [0.25, 0.3) is 5.91 Å². The third-order valence-electron chi connectivity index (χ3n) is 4.18. The molecular weight excluding hydrogens is 290 g/mol. The fraction of sp³-hybridized carbons (Fsp3) is 0.211. The highest BCUT2D eigenvalue weighted by Crippen LogP contribution is 2.43. The first-order chi connectivity index (χ1) is 11.1. The Labute approximate surface area is 135 Å². The third kappa shape index (κ3) is 2.51. The van der Waals surface area contributed by atoms with E-state index in [2.05, 4.69) is 6.58 Å². The molecule has 3 rings (SSSR count). The van der Waals surface area contributed by atoms with Crippen LogP contribution in [0.1, 0.15) is 17.5 Å². The number of ether oxygens (including phenoxy) is 1. The van der Waals surface area contributed by atoms with Crippen LogP contribution in [0.2, 0.25) is 0 Å². The Morgan fingerprint density at radius 1 is 1.22 bits per heavy atom. The molecule has 1 atom stereocenters. The molecular formula is C19H19NO3. The summed E-state index contributed by atoms with van der Waals surface area (Å²) in [6, 6.07) is 14.9. The highest BCUT2D eigenvalue weighted by molar-refractivity contribution is 6.06. The molecule has 0 unspecified atom stereocenters. The van der Waals surface area contributed by atoms with Crippen molar-refractivity contribution in [3.8, 4) is 5.75 Å². The average Bonchev–Trinajstić information content (AvgIpc) is 2.78. The normalized spacial score (nSPS) is 19.6. The van der Waals surface area contributed by atoms with Gasteiger partial charge in [0.15, 0.2) is 5.60 Å². The molecule has 118 valence electrons. The minimum atomic E-state index is -1.52. The van der Waals surface area contributed by atoms with E-state index < -0.39 is 5.60 Å². The first kappa shape index (κ1) is 15.3. The molecule has 1 heterocycles. The van der Waals surface area contributed by atoms with E-state index in [0.29, 0.717) is 12.1 Å². The van der Waals surface area contributed by atoms with E-state index in [1.807, 2.05) is 42.5 Å². The zero-order valence-electron chi connectivity index (χ0n) is 13.0. The van der Waals surface area contributed by atoms with Crippen molar-refractivity contribution >= 4 is 11.6 Å². The number of para-hydroxylation sites is 1. The number of methoxy groups -OCH3 is 1. The van der Waals surface area contributed by atoms with Crippen molar-refractivity contribution in [2.45, 2.75) is 18.6 Å². The predicted molar refractivity (Wildman–Crippen MR) is 89.3 cm³/mol. The summed E-state index contributed by atoms with van der Waals surface area (Å²) < 4.78 is 5.15. The molecule has 1 aliphatic rings. The molecule has 0 saturated carbocycles. The highest BCUT2D eigenvalue weighted by Gasteiger charge is 2.48. The van der Waals surface area contributed by atoms with E-state index in [1.165, 1.54) is 0 Å². The largest absolute Gasteiger partial charge is 0.497 e. The number of hydrogen-bond donors (Lipinski definition) is 1. The molecule has 0 aromatic heterocycles. The Balaban J connectivity index is 1.96. The maximum Gasteiger partial charge on any atom is 0.264 e. The van der Waals surface area contributed by atoms with E-state index in [0.717, 1.165) is 17.0 Å². The molecule has 1 N–H and O–H groups in total. The molecule has 23 heavy (non-hydrogen) atoms. The maximum atomic E-state index is 12.8. The lowest BCUT2D eigenvalue weighted by Crippen LogP contribution is -2.39. The van der Waals surface area contributed by atoms with Gasteiger partial charge in [0.2, 0.25) is 0 Å². The van der Waals surface area contributed by atoms with Crippen molar-refractivity contribution in [2.24, 2.45) is 0 Å². The Morgan fingerprint density at radius 2 is 1.91 bits per heavy atom. The summed E-state index contributed by atoms with van der Waals surface area (Å²) in [6.45, 7) is 4.06. The van der Waals surface area contributed by atoms with Crippen LogP contribution < -0.4 is 9.64 Å². The Hall–Kier alpha value is -2.59. The molecule has 0 spiro atoms. The van der Waals surface area contributed by atoms with Gasteiger partial charge in [-0.2, -0.15) is 0 Å². The molecule has 0 fully saturated rings. The summed E-state index contributed by atoms with van der Waals surface area (Å²) in [6.07, 6.45) is 1.77. The standard InChI is InChI=1S/C19H19NO3/c1-3-12-19(22)16-6-4-5-7-17(16)20(18(19)21)13-14-8-10-15(23-2)11-9-14/h3-11,22H,1,12-13H2,2H3/t19-/m0/s1. The molecule has 2 aromatic carbocycles. The fourth-order valence-electron chi connectivity index (χ4n) is 2.98. The van der Waals surface area contributed by atoms with E-state index in [1.54, 1.807) is 24.2 Å². The number of amides is 1. The van der Waals surface area contributed by atoms with Gasteiger partial charge < -0.3 is 14.7 Å². The summed E-state index contributed by atoms with van der Waals surface area (Å²) in [5.74, 6) is 0.458. The average molecular weight is 309 g/mol. The Bertz CT molecular complexity index is 739. The van der Waals surface area contributed by atoms with Gasteiger partial charge in [-0.3, -0.25) is 4.79 Å². The second kappa shape index (κ2) is 5.89. The Kier molecular flexibility index (Phi) is 3.92. The number of carbonyl (C=O) groups excluding carboxylic acids is 1. The maximum absolute atomic E-state index is 12.8. The minimum absolute atomic E-state index is 0.196. The van der Waals surface area contributed by atoms with E-state index in [4.69, 9.17) is 4.74 Å². The van der Waals surface area contributed by atoms with E-state index in [-0.39, 0.29) is 12.3 Å². The van der Waals surface area contributed by atoms with Gasteiger partial charge >= 0.3 is 0 Å². The molecule has 4 heteroatoms. The number of benzene rings is 2. The number of nitrogens with zero attached hydrogens (tertiary/aromatic N) is 1. The van der Waals surface area contributed by atoms with Gasteiger partial charge in [-0.25, -0.2) is 0 Å². The van der Waals surface area contributed by atoms with Gasteiger partial charge in [-0.05, 0) is 23.8 Å². The third-order valence-corrected chi connectivity index (χ3v) is 4.18. The molecule has 4 nitrogen and oxygen atoms in total. The Morgan fingerprint density at radius 3 is 2.57 bits per heavy atom. The van der Waals surface area contributed by atoms with E-state index in [9.17, 15) is 9.90 Å². The van der Waals surface area contributed by atoms with Crippen LogP contribution in [0.4, 0.5) is 5.69 Å². The smallest absolute Gasteiger partial charge is 0.264 e. The van der Waals surface area contributed by atoms with Gasteiger partial charge in [0, 0.05) is 12.0 Å². The summed E-state index contributed by atoms with van der Waals surface area (Å²) >= 11 is 0. The minimum Gasteiger partial charge on any atom is -0.497 e. The fourth-order valence-corrected chi connectivity index (χ4v) is 2.98. The highest BCUT2D eigenvalue weighted by atomic mass is 16.5. The van der Waals surface area contributed by atoms with Crippen LogP contribution in [-0.2, 0) is 16.9 Å². The number of carbonyl (C=O) groups is 1. The first-order valence-electron chi connectivity index (χ1n) is 7.48. The molecule has 1 amide bonds. The zero-order chi connectivity index (χ0) is 16.4. The van der Waals surface area contributed by atoms with Crippen molar-refractivity contribution < 1.29 is 14.6 Å². The topological polar surface area (TPSA) is 49.8 Å². The number of hydrogen-bond acceptors (Lipinski definition) is 3. The van der Waals surface area contributed by atoms with Crippen LogP contribution in [-0.4, -0.2) is 18.1 Å².